The Morgan fingerprint density at radius 3 is 2.93 bits per heavy atom. The summed E-state index contributed by atoms with van der Waals surface area (Å²) >= 11 is 7.58. The maximum Gasteiger partial charge on any atom is 0.281 e. The van der Waals surface area contributed by atoms with Gasteiger partial charge in [0.25, 0.3) is 11.5 Å². The van der Waals surface area contributed by atoms with Crippen molar-refractivity contribution in [1.29, 1.82) is 0 Å². The van der Waals surface area contributed by atoms with Crippen LogP contribution < -0.4 is 11.0 Å². The highest BCUT2D eigenvalue weighted by Crippen LogP contribution is 2.35. The van der Waals surface area contributed by atoms with E-state index in [0.717, 1.165) is 29.7 Å². The number of fused-ring (bicyclic) bond motifs is 3. The molecule has 0 unspecified atom stereocenters. The highest BCUT2D eigenvalue weighted by atomic mass is 35.5. The van der Waals surface area contributed by atoms with Crippen molar-refractivity contribution in [3.8, 4) is 0 Å². The molecule has 0 aliphatic heterocycles. The summed E-state index contributed by atoms with van der Waals surface area (Å²) in [4.78, 5) is 32.1. The van der Waals surface area contributed by atoms with Crippen molar-refractivity contribution >= 4 is 39.1 Å². The van der Waals surface area contributed by atoms with E-state index in [2.05, 4.69) is 22.4 Å². The topological polar surface area (TPSA) is 81.8 Å². The van der Waals surface area contributed by atoms with E-state index in [1.807, 2.05) is 0 Å². The zero-order chi connectivity index (χ0) is 19.3. The first-order valence-electron chi connectivity index (χ1n) is 8.86. The van der Waals surface area contributed by atoms with E-state index >= 15 is 0 Å². The van der Waals surface area contributed by atoms with E-state index in [9.17, 15) is 9.59 Å². The third-order valence-corrected chi connectivity index (χ3v) is 6.44. The van der Waals surface area contributed by atoms with Gasteiger partial charge in [-0.3, -0.25) is 19.7 Å². The van der Waals surface area contributed by atoms with Crippen LogP contribution in [0.15, 0.2) is 11.0 Å². The molecule has 1 aliphatic carbocycles. The second-order valence-corrected chi connectivity index (χ2v) is 8.62. The number of thiophene rings is 1. The molecule has 3 aromatic rings. The summed E-state index contributed by atoms with van der Waals surface area (Å²) in [5, 5.41) is 5.31. The second-order valence-electron chi connectivity index (χ2n) is 7.13. The molecule has 1 N–H and O–H groups in total. The summed E-state index contributed by atoms with van der Waals surface area (Å²) in [6, 6.07) is 0. The first kappa shape index (κ1) is 18.2. The van der Waals surface area contributed by atoms with Crippen molar-refractivity contribution in [3.05, 3.63) is 43.5 Å². The molecule has 1 atom stereocenters. The number of aryl methyl sites for hydroxylation is 3. The molecule has 4 rings (SSSR count). The Morgan fingerprint density at radius 1 is 1.44 bits per heavy atom. The van der Waals surface area contributed by atoms with Gasteiger partial charge >= 0.3 is 0 Å². The molecular formula is C18H20ClN5O2S. The number of amides is 1. The van der Waals surface area contributed by atoms with Gasteiger partial charge in [0, 0.05) is 11.1 Å². The van der Waals surface area contributed by atoms with Crippen molar-refractivity contribution in [2.45, 2.75) is 46.6 Å². The Bertz CT molecular complexity index is 1090. The Morgan fingerprint density at radius 2 is 2.22 bits per heavy atom. The van der Waals surface area contributed by atoms with Crippen LogP contribution in [0.3, 0.4) is 0 Å². The maximum absolute atomic E-state index is 13.1. The number of nitrogens with zero attached hydrogens (tertiary/aromatic N) is 4. The molecular weight excluding hydrogens is 386 g/mol. The minimum absolute atomic E-state index is 0.0310. The van der Waals surface area contributed by atoms with Crippen LogP contribution in [0.25, 0.3) is 10.2 Å². The van der Waals surface area contributed by atoms with Crippen molar-refractivity contribution in [1.82, 2.24) is 19.4 Å². The van der Waals surface area contributed by atoms with E-state index in [1.54, 1.807) is 31.4 Å². The highest BCUT2D eigenvalue weighted by Gasteiger charge is 2.24. The average Bonchev–Trinajstić information content (AvgIpc) is 3.10. The van der Waals surface area contributed by atoms with Crippen LogP contribution in [0.4, 0.5) is 0 Å². The monoisotopic (exact) mass is 405 g/mol. The molecule has 27 heavy (non-hydrogen) atoms. The lowest BCUT2D eigenvalue weighted by molar-refractivity contribution is -0.117. The predicted octanol–water partition coefficient (Wildman–Crippen LogP) is 2.82. The number of hydrogen-bond acceptors (Lipinski definition) is 5. The summed E-state index contributed by atoms with van der Waals surface area (Å²) in [6.07, 6.45) is 4.53. The smallest absolute Gasteiger partial charge is 0.271 e. The molecule has 0 bridgehead atoms. The fourth-order valence-corrected chi connectivity index (χ4v) is 5.07. The van der Waals surface area contributed by atoms with Gasteiger partial charge in [-0.15, -0.1) is 11.3 Å². The number of carbonyl (C=O) groups is 1. The first-order chi connectivity index (χ1) is 12.8. The molecule has 142 valence electrons. The molecule has 0 aromatic carbocycles. The molecule has 0 fully saturated rings. The quantitative estimate of drug-likeness (QED) is 0.726. The SMILES string of the molecule is Cc1nn(CC(=O)Nn2c(C)nc3sc4c(c3c2=O)CC[C@@H](C)C4)cc1Cl. The number of nitrogens with one attached hydrogen (secondary N) is 1. The summed E-state index contributed by atoms with van der Waals surface area (Å²) in [5.74, 6) is 0.721. The van der Waals surface area contributed by atoms with E-state index in [0.29, 0.717) is 27.8 Å². The van der Waals surface area contributed by atoms with Gasteiger partial charge in [0.15, 0.2) is 0 Å². The van der Waals surface area contributed by atoms with Crippen LogP contribution in [0.2, 0.25) is 5.02 Å². The van der Waals surface area contributed by atoms with Gasteiger partial charge in [0.2, 0.25) is 0 Å². The first-order valence-corrected chi connectivity index (χ1v) is 10.1. The van der Waals surface area contributed by atoms with Gasteiger partial charge in [-0.25, -0.2) is 9.66 Å². The molecule has 7 nitrogen and oxygen atoms in total. The Kier molecular flexibility index (Phi) is 4.55. The molecule has 1 amide bonds. The molecule has 0 radical (unpaired) electrons. The number of aromatic nitrogens is 4. The Hall–Kier alpha value is -2.19. The highest BCUT2D eigenvalue weighted by molar-refractivity contribution is 7.18. The summed E-state index contributed by atoms with van der Waals surface area (Å²) in [7, 11) is 0. The fourth-order valence-electron chi connectivity index (χ4n) is 3.50. The van der Waals surface area contributed by atoms with E-state index in [4.69, 9.17) is 11.6 Å². The molecule has 3 aromatic heterocycles. The summed E-state index contributed by atoms with van der Waals surface area (Å²) in [5.41, 5.74) is 4.19. The lowest BCUT2D eigenvalue weighted by Gasteiger charge is -2.17. The minimum atomic E-state index is -0.363. The lowest BCUT2D eigenvalue weighted by Crippen LogP contribution is -2.37. The molecule has 0 saturated carbocycles. The summed E-state index contributed by atoms with van der Waals surface area (Å²) < 4.78 is 2.70. The van der Waals surface area contributed by atoms with Crippen LogP contribution in [-0.2, 0) is 24.2 Å². The van der Waals surface area contributed by atoms with Gasteiger partial charge in [-0.05, 0) is 44.6 Å². The predicted molar refractivity (Wildman–Crippen MR) is 106 cm³/mol. The minimum Gasteiger partial charge on any atom is -0.271 e. The normalized spacial score (nSPS) is 16.5. The molecule has 9 heteroatoms. The molecule has 0 saturated heterocycles. The number of halogens is 1. The number of carbonyl (C=O) groups excluding carboxylic acids is 1. The Balaban J connectivity index is 1.67. The van der Waals surface area contributed by atoms with Crippen molar-refractivity contribution in [2.24, 2.45) is 5.92 Å². The number of hydrogen-bond donors (Lipinski definition) is 1. The van der Waals surface area contributed by atoms with Crippen LogP contribution >= 0.6 is 22.9 Å². The zero-order valence-electron chi connectivity index (χ0n) is 15.4. The van der Waals surface area contributed by atoms with Gasteiger partial charge in [-0.2, -0.15) is 5.10 Å². The largest absolute Gasteiger partial charge is 0.281 e. The van der Waals surface area contributed by atoms with Crippen molar-refractivity contribution in [3.63, 3.8) is 0 Å². The van der Waals surface area contributed by atoms with Gasteiger partial charge in [-0.1, -0.05) is 18.5 Å². The van der Waals surface area contributed by atoms with Gasteiger partial charge in [0.1, 0.15) is 17.2 Å². The average molecular weight is 406 g/mol. The van der Waals surface area contributed by atoms with Crippen molar-refractivity contribution < 1.29 is 4.79 Å². The van der Waals surface area contributed by atoms with E-state index in [1.165, 1.54) is 14.2 Å². The lowest BCUT2D eigenvalue weighted by atomic mass is 9.89. The standard InChI is InChI=1S/C18H20ClN5O2S/c1-9-4-5-12-14(6-9)27-17-16(12)18(26)24(11(3)20-17)22-15(25)8-23-7-13(19)10(2)21-23/h7,9H,4-6,8H2,1-3H3,(H,22,25)/t9-/m1/s1. The fraction of sp³-hybridized carbons (Fsp3) is 0.444. The van der Waals surface area contributed by atoms with Crippen molar-refractivity contribution in [2.75, 3.05) is 5.43 Å². The molecule has 3 heterocycles. The molecule has 1 aliphatic rings. The van der Waals surface area contributed by atoms with Crippen LogP contribution in [0.5, 0.6) is 0 Å². The number of rotatable bonds is 3. The van der Waals surface area contributed by atoms with Crippen LogP contribution in [0.1, 0.15) is 35.3 Å². The third-order valence-electron chi connectivity index (χ3n) is 4.93. The second kappa shape index (κ2) is 6.76. The van der Waals surface area contributed by atoms with E-state index < -0.39 is 0 Å². The maximum atomic E-state index is 13.1. The van der Waals surface area contributed by atoms with Crippen LogP contribution in [0, 0.1) is 19.8 Å². The zero-order valence-corrected chi connectivity index (χ0v) is 16.9. The van der Waals surface area contributed by atoms with Gasteiger partial charge in [0.05, 0.1) is 16.1 Å². The third kappa shape index (κ3) is 3.27. The van der Waals surface area contributed by atoms with Crippen LogP contribution in [-0.4, -0.2) is 25.3 Å². The molecule has 0 spiro atoms. The van der Waals surface area contributed by atoms with Gasteiger partial charge < -0.3 is 0 Å². The Labute approximate surface area is 164 Å². The summed E-state index contributed by atoms with van der Waals surface area (Å²) in [6.45, 7) is 5.69. The van der Waals surface area contributed by atoms with E-state index in [-0.39, 0.29) is 18.0 Å².